The van der Waals surface area contributed by atoms with Gasteiger partial charge >= 0.3 is 0 Å². The average molecular weight is 472 g/mol. The normalized spacial score (nSPS) is 11.2. The van der Waals surface area contributed by atoms with Crippen LogP contribution in [0, 0.1) is 0 Å². The van der Waals surface area contributed by atoms with Crippen LogP contribution in [0.5, 0.6) is 11.5 Å². The number of methoxy groups -OCH3 is 2. The van der Waals surface area contributed by atoms with Crippen molar-refractivity contribution in [3.8, 4) is 34.3 Å². The van der Waals surface area contributed by atoms with Gasteiger partial charge in [0, 0.05) is 16.7 Å². The molecular formula is C31H25N3O2. The third kappa shape index (κ3) is 5.15. The second-order valence-electron chi connectivity index (χ2n) is 8.10. The standard InChI is InChI=1S/C31H25N3O2/c1-35-26-17-13-24(14-18-26)29-32-30(25-15-19-27(36-2)20-16-25)34-31(33-29)28(23-11-7-4-8-12-23)21-22-9-5-3-6-10-22/h3-21H,1-2H3. The zero-order valence-corrected chi connectivity index (χ0v) is 20.1. The lowest BCUT2D eigenvalue weighted by atomic mass is 10.0. The predicted octanol–water partition coefficient (Wildman–Crippen LogP) is 6.81. The summed E-state index contributed by atoms with van der Waals surface area (Å²) in [4.78, 5) is 14.7. The summed E-state index contributed by atoms with van der Waals surface area (Å²) in [6.07, 6.45) is 2.11. The van der Waals surface area contributed by atoms with Crippen molar-refractivity contribution >= 4 is 11.6 Å². The molecule has 0 saturated heterocycles. The number of aromatic nitrogens is 3. The SMILES string of the molecule is COc1ccc(-c2nc(C(=Cc3ccccc3)c3ccccc3)nc(-c3ccc(OC)cc3)n2)cc1. The molecule has 0 amide bonds. The molecule has 0 atom stereocenters. The van der Waals surface area contributed by atoms with Crippen LogP contribution in [0.1, 0.15) is 17.0 Å². The van der Waals surface area contributed by atoms with Crippen molar-refractivity contribution in [2.75, 3.05) is 14.2 Å². The Hall–Kier alpha value is -4.77. The van der Waals surface area contributed by atoms with E-state index in [0.717, 1.165) is 39.3 Å². The van der Waals surface area contributed by atoms with Crippen LogP contribution in [0.4, 0.5) is 0 Å². The van der Waals surface area contributed by atoms with Gasteiger partial charge in [-0.1, -0.05) is 60.7 Å². The Morgan fingerprint density at radius 1 is 0.556 bits per heavy atom. The zero-order chi connectivity index (χ0) is 24.7. The Morgan fingerprint density at radius 3 is 1.50 bits per heavy atom. The summed E-state index contributed by atoms with van der Waals surface area (Å²) >= 11 is 0. The smallest absolute Gasteiger partial charge is 0.164 e. The van der Waals surface area contributed by atoms with Gasteiger partial charge in [0.1, 0.15) is 11.5 Å². The maximum atomic E-state index is 5.33. The van der Waals surface area contributed by atoms with Crippen molar-refractivity contribution in [2.45, 2.75) is 0 Å². The molecule has 0 radical (unpaired) electrons. The van der Waals surface area contributed by atoms with Crippen molar-refractivity contribution in [1.29, 1.82) is 0 Å². The minimum absolute atomic E-state index is 0.586. The monoisotopic (exact) mass is 471 g/mol. The van der Waals surface area contributed by atoms with E-state index in [1.165, 1.54) is 0 Å². The Bertz CT molecular complexity index is 1400. The van der Waals surface area contributed by atoms with E-state index in [1.807, 2.05) is 84.9 Å². The van der Waals surface area contributed by atoms with Crippen LogP contribution in [0.2, 0.25) is 0 Å². The molecule has 0 aliphatic carbocycles. The first-order valence-electron chi connectivity index (χ1n) is 11.6. The van der Waals surface area contributed by atoms with Crippen molar-refractivity contribution in [1.82, 2.24) is 15.0 Å². The van der Waals surface area contributed by atoms with Crippen molar-refractivity contribution < 1.29 is 9.47 Å². The molecule has 0 saturated carbocycles. The Labute approximate surface area is 210 Å². The molecule has 5 heteroatoms. The highest BCUT2D eigenvalue weighted by Crippen LogP contribution is 2.29. The van der Waals surface area contributed by atoms with E-state index in [1.54, 1.807) is 14.2 Å². The predicted molar refractivity (Wildman–Crippen MR) is 144 cm³/mol. The minimum Gasteiger partial charge on any atom is -0.497 e. The highest BCUT2D eigenvalue weighted by atomic mass is 16.5. The number of nitrogens with zero attached hydrogens (tertiary/aromatic N) is 3. The molecular weight excluding hydrogens is 446 g/mol. The van der Waals surface area contributed by atoms with Gasteiger partial charge in [0.05, 0.1) is 14.2 Å². The lowest BCUT2D eigenvalue weighted by Crippen LogP contribution is -2.04. The van der Waals surface area contributed by atoms with Gasteiger partial charge in [0.25, 0.3) is 0 Å². The van der Waals surface area contributed by atoms with E-state index in [-0.39, 0.29) is 0 Å². The van der Waals surface area contributed by atoms with Crippen LogP contribution >= 0.6 is 0 Å². The largest absolute Gasteiger partial charge is 0.497 e. The van der Waals surface area contributed by atoms with Crippen LogP contribution in [-0.2, 0) is 0 Å². The second kappa shape index (κ2) is 10.7. The summed E-state index contributed by atoms with van der Waals surface area (Å²) < 4.78 is 10.7. The van der Waals surface area contributed by atoms with Gasteiger partial charge in [0.15, 0.2) is 17.5 Å². The van der Waals surface area contributed by atoms with Crippen molar-refractivity contribution in [3.63, 3.8) is 0 Å². The fraction of sp³-hybridized carbons (Fsp3) is 0.0645. The molecule has 1 aromatic heterocycles. The number of hydrogen-bond donors (Lipinski definition) is 0. The molecule has 36 heavy (non-hydrogen) atoms. The number of rotatable bonds is 7. The van der Waals surface area contributed by atoms with Gasteiger partial charge in [-0.15, -0.1) is 0 Å². The third-order valence-electron chi connectivity index (χ3n) is 5.77. The Morgan fingerprint density at radius 2 is 1.03 bits per heavy atom. The fourth-order valence-corrected chi connectivity index (χ4v) is 3.85. The highest BCUT2D eigenvalue weighted by molar-refractivity contribution is 5.89. The second-order valence-corrected chi connectivity index (χ2v) is 8.10. The summed E-state index contributed by atoms with van der Waals surface area (Å²) in [5.41, 5.74) is 4.75. The molecule has 5 nitrogen and oxygen atoms in total. The summed E-state index contributed by atoms with van der Waals surface area (Å²) in [7, 11) is 3.30. The first-order valence-corrected chi connectivity index (χ1v) is 11.6. The van der Waals surface area contributed by atoms with E-state index in [9.17, 15) is 0 Å². The molecule has 0 fully saturated rings. The molecule has 5 rings (SSSR count). The molecule has 4 aromatic carbocycles. The molecule has 0 aliphatic heterocycles. The molecule has 5 aromatic rings. The van der Waals surface area contributed by atoms with Crippen LogP contribution in [0.3, 0.4) is 0 Å². The molecule has 0 bridgehead atoms. The number of benzene rings is 4. The minimum atomic E-state index is 0.586. The lowest BCUT2D eigenvalue weighted by molar-refractivity contribution is 0.415. The first-order chi connectivity index (χ1) is 17.7. The van der Waals surface area contributed by atoms with E-state index in [4.69, 9.17) is 24.4 Å². The van der Waals surface area contributed by atoms with Crippen LogP contribution in [-0.4, -0.2) is 29.2 Å². The fourth-order valence-electron chi connectivity index (χ4n) is 3.85. The molecule has 176 valence electrons. The quantitative estimate of drug-likeness (QED) is 0.244. The van der Waals surface area contributed by atoms with Crippen molar-refractivity contribution in [3.05, 3.63) is 126 Å². The van der Waals surface area contributed by atoms with Gasteiger partial charge in [0.2, 0.25) is 0 Å². The van der Waals surface area contributed by atoms with Gasteiger partial charge < -0.3 is 9.47 Å². The molecule has 1 heterocycles. The highest BCUT2D eigenvalue weighted by Gasteiger charge is 2.15. The summed E-state index contributed by atoms with van der Waals surface area (Å²) in [5.74, 6) is 3.32. The van der Waals surface area contributed by atoms with E-state index in [2.05, 4.69) is 30.3 Å². The summed E-state index contributed by atoms with van der Waals surface area (Å²) in [6, 6.07) is 35.8. The molecule has 0 spiro atoms. The van der Waals surface area contributed by atoms with E-state index < -0.39 is 0 Å². The van der Waals surface area contributed by atoms with E-state index >= 15 is 0 Å². The summed E-state index contributed by atoms with van der Waals surface area (Å²) in [6.45, 7) is 0. The maximum Gasteiger partial charge on any atom is 0.164 e. The topological polar surface area (TPSA) is 57.1 Å². The van der Waals surface area contributed by atoms with Crippen LogP contribution < -0.4 is 9.47 Å². The number of hydrogen-bond acceptors (Lipinski definition) is 5. The Balaban J connectivity index is 1.71. The Kier molecular flexibility index (Phi) is 6.81. The molecule has 0 aliphatic rings. The summed E-state index contributed by atoms with van der Waals surface area (Å²) in [5, 5.41) is 0. The van der Waals surface area contributed by atoms with E-state index in [0.29, 0.717) is 17.5 Å². The lowest BCUT2D eigenvalue weighted by Gasteiger charge is -2.12. The van der Waals surface area contributed by atoms with Gasteiger partial charge in [-0.2, -0.15) is 0 Å². The third-order valence-corrected chi connectivity index (χ3v) is 5.77. The average Bonchev–Trinajstić information content (AvgIpc) is 2.97. The van der Waals surface area contributed by atoms with Crippen LogP contribution in [0.15, 0.2) is 109 Å². The van der Waals surface area contributed by atoms with Gasteiger partial charge in [-0.05, 0) is 65.7 Å². The van der Waals surface area contributed by atoms with Gasteiger partial charge in [-0.25, -0.2) is 15.0 Å². The number of ether oxygens (including phenoxy) is 2. The van der Waals surface area contributed by atoms with Gasteiger partial charge in [-0.3, -0.25) is 0 Å². The van der Waals surface area contributed by atoms with Crippen LogP contribution in [0.25, 0.3) is 34.4 Å². The molecule has 0 unspecified atom stereocenters. The first kappa shape index (κ1) is 23.0. The zero-order valence-electron chi connectivity index (χ0n) is 20.1. The molecule has 0 N–H and O–H groups in total. The maximum absolute atomic E-state index is 5.33. The van der Waals surface area contributed by atoms with Crippen molar-refractivity contribution in [2.24, 2.45) is 0 Å².